The van der Waals surface area contributed by atoms with Crippen molar-refractivity contribution in [2.24, 2.45) is 11.8 Å². The Morgan fingerprint density at radius 3 is 2.67 bits per heavy atom. The van der Waals surface area contributed by atoms with Gasteiger partial charge in [-0.1, -0.05) is 37.9 Å². The van der Waals surface area contributed by atoms with Crippen molar-refractivity contribution in [3.05, 3.63) is 33.3 Å². The highest BCUT2D eigenvalue weighted by Crippen LogP contribution is 2.29. The van der Waals surface area contributed by atoms with E-state index in [4.69, 9.17) is 17.4 Å². The van der Waals surface area contributed by atoms with Crippen molar-refractivity contribution < 1.29 is 0 Å². The van der Waals surface area contributed by atoms with Crippen molar-refractivity contribution >= 4 is 27.5 Å². The van der Waals surface area contributed by atoms with E-state index in [2.05, 4.69) is 35.2 Å². The number of benzene rings is 1. The van der Waals surface area contributed by atoms with Crippen LogP contribution in [-0.2, 0) is 0 Å². The van der Waals surface area contributed by atoms with Crippen LogP contribution in [0.2, 0.25) is 5.02 Å². The van der Waals surface area contributed by atoms with Crippen LogP contribution in [0.5, 0.6) is 0 Å². The van der Waals surface area contributed by atoms with E-state index in [1.165, 1.54) is 0 Å². The van der Waals surface area contributed by atoms with Crippen molar-refractivity contribution in [1.82, 2.24) is 5.43 Å². The molecule has 0 aliphatic rings. The maximum Gasteiger partial charge on any atom is 0.0548 e. The standard InChI is InChI=1S/C11H16BrClN2/c1-3-7(2)11(15-14)8-4-5-10(13)9(12)6-8/h4-7,11,15H,3,14H2,1-2H3. The number of hydrazine groups is 1. The van der Waals surface area contributed by atoms with E-state index < -0.39 is 0 Å². The predicted molar refractivity (Wildman–Crippen MR) is 68.7 cm³/mol. The molecule has 0 heterocycles. The molecule has 0 bridgehead atoms. The van der Waals surface area contributed by atoms with Gasteiger partial charge < -0.3 is 0 Å². The first kappa shape index (κ1) is 13.0. The molecular formula is C11H16BrClN2. The fourth-order valence-electron chi connectivity index (χ4n) is 1.53. The molecule has 0 saturated heterocycles. The maximum absolute atomic E-state index is 5.94. The Labute approximate surface area is 104 Å². The lowest BCUT2D eigenvalue weighted by Crippen LogP contribution is -2.32. The summed E-state index contributed by atoms with van der Waals surface area (Å²) in [5.41, 5.74) is 4.01. The minimum absolute atomic E-state index is 0.170. The molecule has 0 aromatic heterocycles. The van der Waals surface area contributed by atoms with Crippen LogP contribution >= 0.6 is 27.5 Å². The second kappa shape index (κ2) is 5.85. The zero-order valence-corrected chi connectivity index (χ0v) is 11.3. The Kier molecular flexibility index (Phi) is 5.06. The van der Waals surface area contributed by atoms with Gasteiger partial charge >= 0.3 is 0 Å². The molecule has 2 atom stereocenters. The lowest BCUT2D eigenvalue weighted by Gasteiger charge is -2.22. The summed E-state index contributed by atoms with van der Waals surface area (Å²) < 4.78 is 0.908. The molecule has 2 nitrogen and oxygen atoms in total. The van der Waals surface area contributed by atoms with Crippen LogP contribution in [-0.4, -0.2) is 0 Å². The molecule has 0 saturated carbocycles. The molecule has 84 valence electrons. The third-order valence-electron chi connectivity index (χ3n) is 2.70. The van der Waals surface area contributed by atoms with Crippen molar-refractivity contribution in [3.8, 4) is 0 Å². The van der Waals surface area contributed by atoms with Crippen LogP contribution < -0.4 is 11.3 Å². The summed E-state index contributed by atoms with van der Waals surface area (Å²) in [6.07, 6.45) is 1.08. The molecule has 1 aromatic rings. The van der Waals surface area contributed by atoms with Crippen LogP contribution in [0, 0.1) is 5.92 Å². The van der Waals surface area contributed by atoms with Gasteiger partial charge in [0.2, 0.25) is 0 Å². The first-order valence-corrected chi connectivity index (χ1v) is 6.18. The number of nitrogens with two attached hydrogens (primary N) is 1. The smallest absolute Gasteiger partial charge is 0.0548 e. The molecule has 0 aliphatic heterocycles. The number of hydrogen-bond acceptors (Lipinski definition) is 2. The molecular weight excluding hydrogens is 275 g/mol. The number of rotatable bonds is 4. The van der Waals surface area contributed by atoms with E-state index in [-0.39, 0.29) is 6.04 Å². The molecule has 3 N–H and O–H groups in total. The van der Waals surface area contributed by atoms with E-state index in [0.717, 1.165) is 21.5 Å². The van der Waals surface area contributed by atoms with Gasteiger partial charge in [-0.3, -0.25) is 11.3 Å². The molecule has 1 rings (SSSR count). The maximum atomic E-state index is 5.94. The minimum atomic E-state index is 0.170. The van der Waals surface area contributed by atoms with Crippen molar-refractivity contribution in [1.29, 1.82) is 0 Å². The monoisotopic (exact) mass is 290 g/mol. The topological polar surface area (TPSA) is 38.0 Å². The summed E-state index contributed by atoms with van der Waals surface area (Å²) in [5, 5.41) is 0.721. The molecule has 0 aliphatic carbocycles. The largest absolute Gasteiger partial charge is 0.271 e. The third kappa shape index (κ3) is 3.18. The minimum Gasteiger partial charge on any atom is -0.271 e. The fraction of sp³-hybridized carbons (Fsp3) is 0.455. The van der Waals surface area contributed by atoms with E-state index in [9.17, 15) is 0 Å². The number of nitrogens with one attached hydrogen (secondary N) is 1. The normalized spacial score (nSPS) is 15.0. The van der Waals surface area contributed by atoms with Crippen LogP contribution in [0.15, 0.2) is 22.7 Å². The zero-order chi connectivity index (χ0) is 11.4. The van der Waals surface area contributed by atoms with E-state index in [0.29, 0.717) is 5.92 Å². The van der Waals surface area contributed by atoms with E-state index in [1.807, 2.05) is 18.2 Å². The first-order valence-electron chi connectivity index (χ1n) is 5.01. The van der Waals surface area contributed by atoms with Gasteiger partial charge in [-0.25, -0.2) is 0 Å². The lowest BCUT2D eigenvalue weighted by molar-refractivity contribution is 0.383. The van der Waals surface area contributed by atoms with Gasteiger partial charge in [-0.15, -0.1) is 0 Å². The lowest BCUT2D eigenvalue weighted by atomic mass is 9.93. The van der Waals surface area contributed by atoms with Crippen molar-refractivity contribution in [3.63, 3.8) is 0 Å². The second-order valence-electron chi connectivity index (χ2n) is 3.70. The third-order valence-corrected chi connectivity index (χ3v) is 3.91. The Morgan fingerprint density at radius 2 is 2.20 bits per heavy atom. The number of hydrogen-bond donors (Lipinski definition) is 2. The quantitative estimate of drug-likeness (QED) is 0.656. The average molecular weight is 292 g/mol. The van der Waals surface area contributed by atoms with Gasteiger partial charge in [0.15, 0.2) is 0 Å². The highest BCUT2D eigenvalue weighted by Gasteiger charge is 2.16. The Hall–Kier alpha value is -0.0900. The molecule has 0 radical (unpaired) electrons. The Morgan fingerprint density at radius 1 is 1.53 bits per heavy atom. The summed E-state index contributed by atoms with van der Waals surface area (Å²) in [6, 6.07) is 6.07. The summed E-state index contributed by atoms with van der Waals surface area (Å²) >= 11 is 9.36. The van der Waals surface area contributed by atoms with Gasteiger partial charge in [0, 0.05) is 10.5 Å². The van der Waals surface area contributed by atoms with Gasteiger partial charge in [-0.2, -0.15) is 0 Å². The SMILES string of the molecule is CCC(C)C(NN)c1ccc(Cl)c(Br)c1. The van der Waals surface area contributed by atoms with Gasteiger partial charge in [0.1, 0.15) is 0 Å². The van der Waals surface area contributed by atoms with Crippen LogP contribution in [0.25, 0.3) is 0 Å². The number of halogens is 2. The Balaban J connectivity index is 2.97. The highest BCUT2D eigenvalue weighted by atomic mass is 79.9. The first-order chi connectivity index (χ1) is 7.10. The molecule has 0 amide bonds. The van der Waals surface area contributed by atoms with Crippen LogP contribution in [0.4, 0.5) is 0 Å². The predicted octanol–water partition coefficient (Wildman–Crippen LogP) is 3.65. The highest BCUT2D eigenvalue weighted by molar-refractivity contribution is 9.10. The van der Waals surface area contributed by atoms with Crippen LogP contribution in [0.1, 0.15) is 31.9 Å². The van der Waals surface area contributed by atoms with Crippen molar-refractivity contribution in [2.75, 3.05) is 0 Å². The molecule has 0 fully saturated rings. The summed E-state index contributed by atoms with van der Waals surface area (Å²) in [6.45, 7) is 4.33. The zero-order valence-electron chi connectivity index (χ0n) is 8.93. The fourth-order valence-corrected chi connectivity index (χ4v) is 2.04. The molecule has 15 heavy (non-hydrogen) atoms. The summed E-state index contributed by atoms with van der Waals surface area (Å²) in [4.78, 5) is 0. The van der Waals surface area contributed by atoms with Gasteiger partial charge in [-0.05, 0) is 39.5 Å². The van der Waals surface area contributed by atoms with E-state index >= 15 is 0 Å². The molecule has 2 unspecified atom stereocenters. The summed E-state index contributed by atoms with van der Waals surface area (Å²) in [5.74, 6) is 6.06. The molecule has 4 heteroatoms. The van der Waals surface area contributed by atoms with Crippen molar-refractivity contribution in [2.45, 2.75) is 26.3 Å². The summed E-state index contributed by atoms with van der Waals surface area (Å²) in [7, 11) is 0. The molecule has 1 aromatic carbocycles. The van der Waals surface area contributed by atoms with E-state index in [1.54, 1.807) is 0 Å². The van der Waals surface area contributed by atoms with Gasteiger partial charge in [0.05, 0.1) is 5.02 Å². The van der Waals surface area contributed by atoms with Crippen LogP contribution in [0.3, 0.4) is 0 Å². The average Bonchev–Trinajstić information content (AvgIpc) is 2.24. The second-order valence-corrected chi connectivity index (χ2v) is 4.96. The molecule has 0 spiro atoms. The Bertz CT molecular complexity index is 330. The van der Waals surface area contributed by atoms with Gasteiger partial charge in [0.25, 0.3) is 0 Å².